The smallest absolute Gasteiger partial charge is 0.232 e. The molecule has 1 aliphatic carbocycles. The SMILES string of the molecule is CN1CCN(c2ccc(N(CCNC(=O)C3CCC3)S(C)(=O)=O)cc2)CC1. The minimum Gasteiger partial charge on any atom is -0.369 e. The third kappa shape index (κ3) is 5.13. The number of hydrogen-bond donors (Lipinski definition) is 1. The van der Waals surface area contributed by atoms with Crippen molar-refractivity contribution in [3.8, 4) is 0 Å². The maximum atomic E-state index is 12.2. The highest BCUT2D eigenvalue weighted by Crippen LogP contribution is 2.26. The fraction of sp³-hybridized carbons (Fsp3) is 0.632. The lowest BCUT2D eigenvalue weighted by atomic mass is 9.85. The van der Waals surface area contributed by atoms with Gasteiger partial charge < -0.3 is 15.1 Å². The van der Waals surface area contributed by atoms with E-state index in [1.54, 1.807) is 0 Å². The molecule has 150 valence electrons. The number of amides is 1. The Kier molecular flexibility index (Phi) is 6.26. The Morgan fingerprint density at radius 1 is 1.15 bits per heavy atom. The second-order valence-corrected chi connectivity index (χ2v) is 9.47. The van der Waals surface area contributed by atoms with Crippen LogP contribution >= 0.6 is 0 Å². The van der Waals surface area contributed by atoms with Crippen LogP contribution in [0.5, 0.6) is 0 Å². The largest absolute Gasteiger partial charge is 0.369 e. The quantitative estimate of drug-likeness (QED) is 0.750. The molecule has 3 rings (SSSR count). The molecule has 1 saturated heterocycles. The number of piperazine rings is 1. The standard InChI is InChI=1S/C19H30N4O3S/c1-21-12-14-22(15-13-21)17-6-8-18(9-7-17)23(27(2,25)26)11-10-20-19(24)16-4-3-5-16/h6-9,16H,3-5,10-15H2,1-2H3,(H,20,24). The van der Waals surface area contributed by atoms with E-state index in [2.05, 4.69) is 22.2 Å². The Bertz CT molecular complexity index is 739. The third-order valence-electron chi connectivity index (χ3n) is 5.50. The minimum atomic E-state index is -3.41. The number of nitrogens with one attached hydrogen (secondary N) is 1. The number of nitrogens with zero attached hydrogens (tertiary/aromatic N) is 3. The molecule has 1 aromatic carbocycles. The lowest BCUT2D eigenvalue weighted by Crippen LogP contribution is -2.44. The first kappa shape index (κ1) is 19.9. The van der Waals surface area contributed by atoms with Crippen molar-refractivity contribution in [2.45, 2.75) is 19.3 Å². The van der Waals surface area contributed by atoms with Gasteiger partial charge in [-0.2, -0.15) is 0 Å². The number of hydrogen-bond acceptors (Lipinski definition) is 5. The van der Waals surface area contributed by atoms with Crippen LogP contribution in [-0.2, 0) is 14.8 Å². The molecule has 1 heterocycles. The van der Waals surface area contributed by atoms with Crippen LogP contribution in [0.25, 0.3) is 0 Å². The number of carbonyl (C=O) groups is 1. The summed E-state index contributed by atoms with van der Waals surface area (Å²) in [6.07, 6.45) is 4.19. The van der Waals surface area contributed by atoms with E-state index in [1.165, 1.54) is 10.6 Å². The van der Waals surface area contributed by atoms with Crippen LogP contribution in [0, 0.1) is 5.92 Å². The zero-order chi connectivity index (χ0) is 19.4. The number of rotatable bonds is 7. The van der Waals surface area contributed by atoms with Gasteiger partial charge in [-0.15, -0.1) is 0 Å². The van der Waals surface area contributed by atoms with Crippen molar-refractivity contribution in [2.75, 3.05) is 61.8 Å². The molecule has 0 unspecified atom stereocenters. The van der Waals surface area contributed by atoms with E-state index in [1.807, 2.05) is 24.3 Å². The zero-order valence-electron chi connectivity index (χ0n) is 16.2. The van der Waals surface area contributed by atoms with E-state index in [9.17, 15) is 13.2 Å². The van der Waals surface area contributed by atoms with Crippen molar-refractivity contribution >= 4 is 27.3 Å². The van der Waals surface area contributed by atoms with Gasteiger partial charge in [-0.25, -0.2) is 8.42 Å². The average molecular weight is 395 g/mol. The van der Waals surface area contributed by atoms with Gasteiger partial charge in [0.15, 0.2) is 0 Å². The minimum absolute atomic E-state index is 0.0418. The molecule has 0 spiro atoms. The summed E-state index contributed by atoms with van der Waals surface area (Å²) in [6, 6.07) is 7.66. The molecule has 2 fully saturated rings. The Morgan fingerprint density at radius 3 is 2.30 bits per heavy atom. The van der Waals surface area contributed by atoms with Gasteiger partial charge in [0.1, 0.15) is 0 Å². The van der Waals surface area contributed by atoms with Gasteiger partial charge in [-0.3, -0.25) is 9.10 Å². The fourth-order valence-electron chi connectivity index (χ4n) is 3.48. The summed E-state index contributed by atoms with van der Waals surface area (Å²) in [5.41, 5.74) is 1.74. The van der Waals surface area contributed by atoms with Crippen LogP contribution in [0.15, 0.2) is 24.3 Å². The van der Waals surface area contributed by atoms with E-state index in [0.717, 1.165) is 51.1 Å². The second-order valence-electron chi connectivity index (χ2n) is 7.56. The van der Waals surface area contributed by atoms with Crippen molar-refractivity contribution in [2.24, 2.45) is 5.92 Å². The molecule has 27 heavy (non-hydrogen) atoms. The molecular formula is C19H30N4O3S. The van der Waals surface area contributed by atoms with Crippen molar-refractivity contribution in [1.29, 1.82) is 0 Å². The molecule has 1 aliphatic heterocycles. The monoisotopic (exact) mass is 394 g/mol. The molecule has 1 saturated carbocycles. The average Bonchev–Trinajstić information content (AvgIpc) is 2.57. The molecule has 7 nitrogen and oxygen atoms in total. The number of benzene rings is 1. The van der Waals surface area contributed by atoms with Gasteiger partial charge >= 0.3 is 0 Å². The highest BCUT2D eigenvalue weighted by molar-refractivity contribution is 7.92. The van der Waals surface area contributed by atoms with Gasteiger partial charge in [0.2, 0.25) is 15.9 Å². The number of anilines is 2. The Hall–Kier alpha value is -1.80. The topological polar surface area (TPSA) is 73.0 Å². The van der Waals surface area contributed by atoms with Crippen LogP contribution in [-0.4, -0.2) is 71.8 Å². The number of carbonyl (C=O) groups excluding carboxylic acids is 1. The molecule has 0 radical (unpaired) electrons. The molecule has 1 amide bonds. The predicted molar refractivity (Wildman–Crippen MR) is 109 cm³/mol. The Morgan fingerprint density at radius 2 is 1.78 bits per heavy atom. The highest BCUT2D eigenvalue weighted by atomic mass is 32.2. The highest BCUT2D eigenvalue weighted by Gasteiger charge is 2.25. The van der Waals surface area contributed by atoms with E-state index >= 15 is 0 Å². The first-order valence-electron chi connectivity index (χ1n) is 9.63. The van der Waals surface area contributed by atoms with Crippen molar-refractivity contribution in [3.05, 3.63) is 24.3 Å². The van der Waals surface area contributed by atoms with E-state index in [0.29, 0.717) is 12.2 Å². The molecule has 0 atom stereocenters. The van der Waals surface area contributed by atoms with Crippen LogP contribution in [0.1, 0.15) is 19.3 Å². The maximum Gasteiger partial charge on any atom is 0.232 e. The summed E-state index contributed by atoms with van der Waals surface area (Å²) in [5, 5.41) is 2.87. The molecular weight excluding hydrogens is 364 g/mol. The maximum absolute atomic E-state index is 12.2. The summed E-state index contributed by atoms with van der Waals surface area (Å²) >= 11 is 0. The number of likely N-dealkylation sites (N-methyl/N-ethyl adjacent to an activating group) is 1. The first-order valence-corrected chi connectivity index (χ1v) is 11.5. The summed E-state index contributed by atoms with van der Waals surface area (Å²) in [5.74, 6) is 0.152. The van der Waals surface area contributed by atoms with Gasteiger partial charge in [-0.1, -0.05) is 6.42 Å². The van der Waals surface area contributed by atoms with Gasteiger partial charge in [0.05, 0.1) is 18.5 Å². The zero-order valence-corrected chi connectivity index (χ0v) is 17.0. The summed E-state index contributed by atoms with van der Waals surface area (Å²) in [6.45, 7) is 4.56. The molecule has 0 aromatic heterocycles. The van der Waals surface area contributed by atoms with Crippen LogP contribution < -0.4 is 14.5 Å². The molecule has 2 aliphatic rings. The Labute approximate surface area is 162 Å². The normalized spacial score (nSPS) is 18.8. The van der Waals surface area contributed by atoms with E-state index < -0.39 is 10.0 Å². The lowest BCUT2D eigenvalue weighted by molar-refractivity contribution is -0.127. The molecule has 1 N–H and O–H groups in total. The van der Waals surface area contributed by atoms with Crippen molar-refractivity contribution in [3.63, 3.8) is 0 Å². The Balaban J connectivity index is 1.61. The van der Waals surface area contributed by atoms with Crippen LogP contribution in [0.2, 0.25) is 0 Å². The predicted octanol–water partition coefficient (Wildman–Crippen LogP) is 1.12. The van der Waals surface area contributed by atoms with E-state index in [-0.39, 0.29) is 18.4 Å². The van der Waals surface area contributed by atoms with Gasteiger partial charge in [0, 0.05) is 44.3 Å². The second kappa shape index (κ2) is 8.48. The summed E-state index contributed by atoms with van der Waals surface area (Å²) in [4.78, 5) is 16.6. The summed E-state index contributed by atoms with van der Waals surface area (Å²) < 4.78 is 25.8. The van der Waals surface area contributed by atoms with Crippen molar-refractivity contribution in [1.82, 2.24) is 10.2 Å². The first-order chi connectivity index (χ1) is 12.8. The fourth-order valence-corrected chi connectivity index (χ4v) is 4.40. The number of sulfonamides is 1. The van der Waals surface area contributed by atoms with Crippen LogP contribution in [0.4, 0.5) is 11.4 Å². The van der Waals surface area contributed by atoms with Crippen LogP contribution in [0.3, 0.4) is 0 Å². The van der Waals surface area contributed by atoms with Gasteiger partial charge in [-0.05, 0) is 44.2 Å². The van der Waals surface area contributed by atoms with E-state index in [4.69, 9.17) is 0 Å². The third-order valence-corrected chi connectivity index (χ3v) is 6.69. The van der Waals surface area contributed by atoms with Gasteiger partial charge in [0.25, 0.3) is 0 Å². The van der Waals surface area contributed by atoms with Crippen molar-refractivity contribution < 1.29 is 13.2 Å². The lowest BCUT2D eigenvalue weighted by Gasteiger charge is -2.34. The molecule has 0 bridgehead atoms. The molecule has 8 heteroatoms. The molecule has 1 aromatic rings. The summed E-state index contributed by atoms with van der Waals surface area (Å²) in [7, 11) is -1.29.